The summed E-state index contributed by atoms with van der Waals surface area (Å²) < 4.78 is 16.1. The third-order valence-electron chi connectivity index (χ3n) is 4.42. The first kappa shape index (κ1) is 17.4. The summed E-state index contributed by atoms with van der Waals surface area (Å²) in [6, 6.07) is 13.2. The van der Waals surface area contributed by atoms with Crippen LogP contribution < -0.4 is 14.7 Å². The molecule has 0 N–H and O–H groups in total. The number of halogens is 1. The summed E-state index contributed by atoms with van der Waals surface area (Å²) in [4.78, 5) is 18.0. The zero-order valence-electron chi connectivity index (χ0n) is 14.6. The highest BCUT2D eigenvalue weighted by Crippen LogP contribution is 2.41. The van der Waals surface area contributed by atoms with Gasteiger partial charge in [0.25, 0.3) is 17.0 Å². The highest BCUT2D eigenvalue weighted by atomic mass is 32.2. The van der Waals surface area contributed by atoms with Crippen molar-refractivity contribution in [3.63, 3.8) is 0 Å². The van der Waals surface area contributed by atoms with Gasteiger partial charge in [-0.05, 0) is 30.5 Å². The van der Waals surface area contributed by atoms with Crippen molar-refractivity contribution in [2.45, 2.75) is 18.2 Å². The number of carbonyl (C=O) groups is 1. The Morgan fingerprint density at radius 3 is 2.63 bits per heavy atom. The topological polar surface area (TPSA) is 73.0 Å². The molecule has 1 unspecified atom stereocenters. The van der Waals surface area contributed by atoms with E-state index in [1.807, 2.05) is 0 Å². The van der Waals surface area contributed by atoms with Crippen molar-refractivity contribution in [3.05, 3.63) is 59.9 Å². The molecule has 27 heavy (non-hydrogen) atoms. The third kappa shape index (κ3) is 2.73. The largest absolute Gasteiger partial charge is 0.854 e. The second-order valence-electron chi connectivity index (χ2n) is 6.00. The zero-order chi connectivity index (χ0) is 19.1. The lowest BCUT2D eigenvalue weighted by Gasteiger charge is -2.32. The van der Waals surface area contributed by atoms with Crippen LogP contribution in [0.4, 0.5) is 10.1 Å². The minimum atomic E-state index is -0.921. The number of amides is 1. The Kier molecular flexibility index (Phi) is 4.27. The summed E-state index contributed by atoms with van der Waals surface area (Å²) >= 11 is 1.21. The molecule has 1 amide bonds. The maximum Gasteiger partial charge on any atom is 0.295 e. The average Bonchev–Trinajstić information content (AvgIpc) is 2.66. The van der Waals surface area contributed by atoms with Crippen molar-refractivity contribution < 1.29 is 19.0 Å². The highest BCUT2D eigenvalue weighted by Gasteiger charge is 2.44. The highest BCUT2D eigenvalue weighted by molar-refractivity contribution is 7.98. The van der Waals surface area contributed by atoms with E-state index in [-0.39, 0.29) is 22.3 Å². The SMILES string of the molecule is CSc1nc([O-])c2[n+](n1)C(c1ccccc1F)N(C(C)=O)c1ccccc1-2. The van der Waals surface area contributed by atoms with Crippen LogP contribution in [-0.4, -0.2) is 22.2 Å². The lowest BCUT2D eigenvalue weighted by molar-refractivity contribution is -0.764. The maximum absolute atomic E-state index is 14.7. The lowest BCUT2D eigenvalue weighted by atomic mass is 10.0. The summed E-state index contributed by atoms with van der Waals surface area (Å²) in [5.74, 6) is -1.24. The Labute approximate surface area is 159 Å². The number of fused-ring (bicyclic) bond motifs is 3. The fourth-order valence-electron chi connectivity index (χ4n) is 3.33. The summed E-state index contributed by atoms with van der Waals surface area (Å²) in [6.07, 6.45) is 0.828. The van der Waals surface area contributed by atoms with Gasteiger partial charge in [-0.3, -0.25) is 4.79 Å². The van der Waals surface area contributed by atoms with Crippen LogP contribution in [0.15, 0.2) is 53.7 Å². The molecule has 0 bridgehead atoms. The Morgan fingerprint density at radius 2 is 1.93 bits per heavy atom. The predicted molar refractivity (Wildman–Crippen MR) is 96.6 cm³/mol. The zero-order valence-corrected chi connectivity index (χ0v) is 15.4. The number of para-hydroxylation sites is 1. The number of nitrogens with zero attached hydrogens (tertiary/aromatic N) is 4. The van der Waals surface area contributed by atoms with Gasteiger partial charge in [0.05, 0.1) is 22.7 Å². The average molecular weight is 382 g/mol. The van der Waals surface area contributed by atoms with E-state index in [0.29, 0.717) is 11.3 Å². The van der Waals surface area contributed by atoms with Crippen LogP contribution in [0.3, 0.4) is 0 Å². The lowest BCUT2D eigenvalue weighted by Crippen LogP contribution is -2.59. The molecule has 1 aromatic heterocycles. The molecule has 0 saturated heterocycles. The Bertz CT molecular complexity index is 1060. The Hall–Kier alpha value is -3.00. The molecular formula is C19H15FN4O2S. The van der Waals surface area contributed by atoms with E-state index in [4.69, 9.17) is 0 Å². The van der Waals surface area contributed by atoms with E-state index in [1.165, 1.54) is 34.3 Å². The number of hydrogen-bond acceptors (Lipinski definition) is 5. The van der Waals surface area contributed by atoms with Gasteiger partial charge in [-0.15, -0.1) is 0 Å². The molecule has 0 fully saturated rings. The van der Waals surface area contributed by atoms with Crippen molar-refractivity contribution in [2.24, 2.45) is 0 Å². The molecule has 1 aliphatic rings. The van der Waals surface area contributed by atoms with Gasteiger partial charge in [-0.2, -0.15) is 0 Å². The van der Waals surface area contributed by atoms with Gasteiger partial charge in [-0.25, -0.2) is 14.3 Å². The van der Waals surface area contributed by atoms with Crippen molar-refractivity contribution in [3.8, 4) is 17.1 Å². The van der Waals surface area contributed by atoms with Crippen LogP contribution in [0.5, 0.6) is 5.88 Å². The van der Waals surface area contributed by atoms with Crippen LogP contribution in [-0.2, 0) is 4.79 Å². The summed E-state index contributed by atoms with van der Waals surface area (Å²) in [5.41, 5.74) is 1.54. The van der Waals surface area contributed by atoms with Gasteiger partial charge in [0.1, 0.15) is 5.82 Å². The van der Waals surface area contributed by atoms with E-state index in [1.54, 1.807) is 48.7 Å². The number of hydrogen-bond donors (Lipinski definition) is 0. The van der Waals surface area contributed by atoms with Crippen LogP contribution in [0.2, 0.25) is 0 Å². The van der Waals surface area contributed by atoms with Crippen molar-refractivity contribution in [1.29, 1.82) is 0 Å². The Morgan fingerprint density at radius 1 is 1.22 bits per heavy atom. The molecule has 0 saturated carbocycles. The van der Waals surface area contributed by atoms with Gasteiger partial charge in [0.15, 0.2) is 0 Å². The predicted octanol–water partition coefficient (Wildman–Crippen LogP) is 2.28. The smallest absolute Gasteiger partial charge is 0.295 e. The molecule has 2 heterocycles. The van der Waals surface area contributed by atoms with E-state index in [2.05, 4.69) is 10.1 Å². The van der Waals surface area contributed by atoms with Crippen molar-refractivity contribution in [1.82, 2.24) is 10.1 Å². The molecule has 136 valence electrons. The molecule has 6 nitrogen and oxygen atoms in total. The normalized spacial score (nSPS) is 15.2. The van der Waals surface area contributed by atoms with Crippen LogP contribution in [0.1, 0.15) is 18.7 Å². The number of anilines is 1. The molecule has 0 radical (unpaired) electrons. The van der Waals surface area contributed by atoms with Crippen molar-refractivity contribution >= 4 is 23.4 Å². The molecule has 0 aliphatic carbocycles. The summed E-state index contributed by atoms with van der Waals surface area (Å²) in [6.45, 7) is 1.41. The number of rotatable bonds is 2. The molecule has 0 spiro atoms. The van der Waals surface area contributed by atoms with E-state index in [0.717, 1.165) is 0 Å². The molecule has 2 aromatic carbocycles. The second-order valence-corrected chi connectivity index (χ2v) is 6.77. The quantitative estimate of drug-likeness (QED) is 0.502. The van der Waals surface area contributed by atoms with Crippen LogP contribution >= 0.6 is 11.8 Å². The number of carbonyl (C=O) groups excluding carboxylic acids is 1. The molecule has 4 rings (SSSR count). The first-order valence-corrected chi connectivity index (χ1v) is 9.44. The standard InChI is InChI=1S/C19H15FN4O2S/c1-11(25)23-15-10-6-4-8-13(15)16-17(26)21-19(27-2)22-24(16)18(23)12-7-3-5-9-14(12)20/h3-10,18H,1-2H3. The third-order valence-corrected chi connectivity index (χ3v) is 4.96. The van der Waals surface area contributed by atoms with Gasteiger partial charge in [-0.1, -0.05) is 40.7 Å². The van der Waals surface area contributed by atoms with Crippen LogP contribution in [0.25, 0.3) is 11.3 Å². The van der Waals surface area contributed by atoms with Gasteiger partial charge < -0.3 is 5.11 Å². The number of benzene rings is 2. The van der Waals surface area contributed by atoms with Gasteiger partial charge in [0, 0.05) is 12.0 Å². The molecule has 3 aromatic rings. The van der Waals surface area contributed by atoms with E-state index >= 15 is 0 Å². The maximum atomic E-state index is 14.7. The molecule has 8 heteroatoms. The summed E-state index contributed by atoms with van der Waals surface area (Å²) in [7, 11) is 0. The minimum absolute atomic E-state index is 0.231. The Balaban J connectivity index is 2.11. The fraction of sp³-hybridized carbons (Fsp3) is 0.158. The van der Waals surface area contributed by atoms with Gasteiger partial charge >= 0.3 is 0 Å². The second kappa shape index (κ2) is 6.62. The number of thioether (sulfide) groups is 1. The van der Waals surface area contributed by atoms with E-state index in [9.17, 15) is 14.3 Å². The molecule has 1 aliphatic heterocycles. The monoisotopic (exact) mass is 382 g/mol. The minimum Gasteiger partial charge on any atom is -0.854 e. The molecule has 1 atom stereocenters. The van der Waals surface area contributed by atoms with Crippen molar-refractivity contribution in [2.75, 3.05) is 11.2 Å². The first-order valence-electron chi connectivity index (χ1n) is 8.21. The fourth-order valence-corrected chi connectivity index (χ4v) is 3.67. The van der Waals surface area contributed by atoms with Gasteiger partial charge in [0.2, 0.25) is 5.91 Å². The number of aromatic nitrogens is 3. The first-order chi connectivity index (χ1) is 13.0. The molecular weight excluding hydrogens is 367 g/mol. The summed E-state index contributed by atoms with van der Waals surface area (Å²) in [5, 5.41) is 17.5. The van der Waals surface area contributed by atoms with E-state index < -0.39 is 17.9 Å². The van der Waals surface area contributed by atoms with Crippen LogP contribution in [0, 0.1) is 5.82 Å².